The maximum Gasteiger partial charge on any atom is 0.251 e. The number of benzene rings is 2. The van der Waals surface area contributed by atoms with Crippen LogP contribution in [0.4, 0.5) is 5.69 Å². The highest BCUT2D eigenvalue weighted by atomic mass is 16.1. The Morgan fingerprint density at radius 3 is 2.65 bits per heavy atom. The van der Waals surface area contributed by atoms with E-state index in [1.807, 2.05) is 55.5 Å². The Morgan fingerprint density at radius 2 is 1.91 bits per heavy atom. The molecule has 0 saturated carbocycles. The third-order valence-electron chi connectivity index (χ3n) is 3.83. The van der Waals surface area contributed by atoms with Crippen molar-refractivity contribution >= 4 is 22.5 Å². The molecule has 116 valence electrons. The maximum atomic E-state index is 12.2. The van der Waals surface area contributed by atoms with Gasteiger partial charge in [0.15, 0.2) is 0 Å². The number of nitrogens with one attached hydrogen (secondary N) is 2. The van der Waals surface area contributed by atoms with E-state index in [-0.39, 0.29) is 11.5 Å². The van der Waals surface area contributed by atoms with E-state index < -0.39 is 0 Å². The molecule has 23 heavy (non-hydrogen) atoms. The molecule has 0 bridgehead atoms. The number of para-hydroxylation sites is 1. The van der Waals surface area contributed by atoms with Crippen LogP contribution >= 0.6 is 0 Å². The largest absolute Gasteiger partial charge is 0.326 e. The van der Waals surface area contributed by atoms with E-state index in [0.717, 1.165) is 33.3 Å². The predicted octanol–water partition coefficient (Wildman–Crippen LogP) is 3.39. The number of aromatic nitrogens is 1. The third-order valence-corrected chi connectivity index (χ3v) is 3.83. The predicted molar refractivity (Wildman–Crippen MR) is 92.9 cm³/mol. The van der Waals surface area contributed by atoms with Crippen molar-refractivity contribution in [1.82, 2.24) is 4.98 Å². The van der Waals surface area contributed by atoms with E-state index >= 15 is 0 Å². The number of anilines is 1. The zero-order valence-electron chi connectivity index (χ0n) is 13.1. The zero-order chi connectivity index (χ0) is 16.4. The first-order valence-corrected chi connectivity index (χ1v) is 7.51. The number of carbonyl (C=O) groups excluding carboxylic acids is 1. The highest BCUT2D eigenvalue weighted by molar-refractivity contribution is 5.89. The summed E-state index contributed by atoms with van der Waals surface area (Å²) in [4.78, 5) is 26.3. The van der Waals surface area contributed by atoms with Gasteiger partial charge in [0.1, 0.15) is 0 Å². The standard InChI is InChI=1S/C19H18N2O2/c1-12-9-14(7-8-17(12)20-13(2)22)10-16-11-15-5-3-4-6-18(15)21-19(16)23/h3-9,11H,10H2,1-2H3,(H,20,22)(H,21,23). The Bertz CT molecular complexity index is 941. The quantitative estimate of drug-likeness (QED) is 0.779. The van der Waals surface area contributed by atoms with Crippen molar-refractivity contribution in [1.29, 1.82) is 0 Å². The molecule has 0 spiro atoms. The first-order valence-electron chi connectivity index (χ1n) is 7.51. The summed E-state index contributed by atoms with van der Waals surface area (Å²) in [6.45, 7) is 3.43. The van der Waals surface area contributed by atoms with Crippen LogP contribution in [0.3, 0.4) is 0 Å². The number of carbonyl (C=O) groups is 1. The van der Waals surface area contributed by atoms with Gasteiger partial charge in [0.05, 0.1) is 0 Å². The highest BCUT2D eigenvalue weighted by Crippen LogP contribution is 2.19. The number of hydrogen-bond acceptors (Lipinski definition) is 2. The van der Waals surface area contributed by atoms with Crippen LogP contribution in [0.25, 0.3) is 10.9 Å². The summed E-state index contributed by atoms with van der Waals surface area (Å²) in [6.07, 6.45) is 0.557. The van der Waals surface area contributed by atoms with Gasteiger partial charge >= 0.3 is 0 Å². The molecule has 1 amide bonds. The summed E-state index contributed by atoms with van der Waals surface area (Å²) in [6, 6.07) is 15.5. The van der Waals surface area contributed by atoms with E-state index in [4.69, 9.17) is 0 Å². The summed E-state index contributed by atoms with van der Waals surface area (Å²) in [5.74, 6) is -0.0909. The molecule has 0 aliphatic carbocycles. The van der Waals surface area contributed by atoms with E-state index in [2.05, 4.69) is 10.3 Å². The molecular weight excluding hydrogens is 288 g/mol. The average Bonchev–Trinajstić information content (AvgIpc) is 2.50. The number of H-pyrrole nitrogens is 1. The molecule has 2 N–H and O–H groups in total. The second-order valence-electron chi connectivity index (χ2n) is 5.72. The van der Waals surface area contributed by atoms with Crippen LogP contribution in [0.1, 0.15) is 23.6 Å². The van der Waals surface area contributed by atoms with E-state index in [1.54, 1.807) is 0 Å². The lowest BCUT2D eigenvalue weighted by Gasteiger charge is -2.09. The molecule has 0 fully saturated rings. The van der Waals surface area contributed by atoms with Gasteiger partial charge in [0.25, 0.3) is 5.56 Å². The van der Waals surface area contributed by atoms with E-state index in [0.29, 0.717) is 6.42 Å². The molecule has 3 rings (SSSR count). The number of fused-ring (bicyclic) bond motifs is 1. The van der Waals surface area contributed by atoms with Gasteiger partial charge in [-0.3, -0.25) is 9.59 Å². The Labute approximate surface area is 134 Å². The zero-order valence-corrected chi connectivity index (χ0v) is 13.1. The SMILES string of the molecule is CC(=O)Nc1ccc(Cc2cc3ccccc3[nH]c2=O)cc1C. The van der Waals surface area contributed by atoms with Crippen LogP contribution in [-0.2, 0) is 11.2 Å². The molecule has 4 nitrogen and oxygen atoms in total. The van der Waals surface area contributed by atoms with Crippen molar-refractivity contribution in [2.24, 2.45) is 0 Å². The van der Waals surface area contributed by atoms with Gasteiger partial charge in [-0.15, -0.1) is 0 Å². The maximum absolute atomic E-state index is 12.2. The first-order chi connectivity index (χ1) is 11.0. The number of amides is 1. The monoisotopic (exact) mass is 306 g/mol. The smallest absolute Gasteiger partial charge is 0.251 e. The fourth-order valence-electron chi connectivity index (χ4n) is 2.71. The van der Waals surface area contributed by atoms with Crippen molar-refractivity contribution in [2.75, 3.05) is 5.32 Å². The lowest BCUT2D eigenvalue weighted by atomic mass is 10.0. The minimum absolute atomic E-state index is 0.0627. The van der Waals surface area contributed by atoms with Gasteiger partial charge in [-0.25, -0.2) is 0 Å². The number of rotatable bonds is 3. The average molecular weight is 306 g/mol. The number of aryl methyl sites for hydroxylation is 1. The molecule has 0 atom stereocenters. The fourth-order valence-corrected chi connectivity index (χ4v) is 2.71. The molecule has 0 unspecified atom stereocenters. The molecular formula is C19H18N2O2. The van der Waals surface area contributed by atoms with Crippen LogP contribution in [0.2, 0.25) is 0 Å². The van der Waals surface area contributed by atoms with E-state index in [1.165, 1.54) is 6.92 Å². The Morgan fingerprint density at radius 1 is 1.13 bits per heavy atom. The molecule has 1 aromatic heterocycles. The van der Waals surface area contributed by atoms with Crippen molar-refractivity contribution in [3.8, 4) is 0 Å². The van der Waals surface area contributed by atoms with Gasteiger partial charge in [0.2, 0.25) is 5.91 Å². The molecule has 0 aliphatic rings. The highest BCUT2D eigenvalue weighted by Gasteiger charge is 2.06. The van der Waals surface area contributed by atoms with Crippen molar-refractivity contribution in [3.63, 3.8) is 0 Å². The fraction of sp³-hybridized carbons (Fsp3) is 0.158. The Kier molecular flexibility index (Phi) is 3.98. The van der Waals surface area contributed by atoms with Crippen LogP contribution in [0, 0.1) is 6.92 Å². The summed E-state index contributed by atoms with van der Waals surface area (Å²) in [5.41, 5.74) is 4.34. The van der Waals surface area contributed by atoms with Gasteiger partial charge in [-0.05, 0) is 41.6 Å². The Hall–Kier alpha value is -2.88. The molecule has 2 aromatic carbocycles. The number of aromatic amines is 1. The molecule has 1 heterocycles. The topological polar surface area (TPSA) is 62.0 Å². The minimum Gasteiger partial charge on any atom is -0.326 e. The van der Waals surface area contributed by atoms with Gasteiger partial charge in [-0.1, -0.05) is 30.3 Å². The summed E-state index contributed by atoms with van der Waals surface area (Å²) in [7, 11) is 0. The van der Waals surface area contributed by atoms with Crippen LogP contribution in [-0.4, -0.2) is 10.9 Å². The summed E-state index contributed by atoms with van der Waals surface area (Å²) >= 11 is 0. The van der Waals surface area contributed by atoms with Crippen LogP contribution in [0.15, 0.2) is 53.3 Å². The molecule has 3 aromatic rings. The van der Waals surface area contributed by atoms with Crippen LogP contribution in [0.5, 0.6) is 0 Å². The summed E-state index contributed by atoms with van der Waals surface area (Å²) < 4.78 is 0. The second-order valence-corrected chi connectivity index (χ2v) is 5.72. The van der Waals surface area contributed by atoms with Gasteiger partial charge in [-0.2, -0.15) is 0 Å². The van der Waals surface area contributed by atoms with Gasteiger partial charge < -0.3 is 10.3 Å². The van der Waals surface area contributed by atoms with Crippen molar-refractivity contribution < 1.29 is 4.79 Å². The van der Waals surface area contributed by atoms with E-state index in [9.17, 15) is 9.59 Å². The van der Waals surface area contributed by atoms with Gasteiger partial charge in [0, 0.05) is 30.1 Å². The minimum atomic E-state index is -0.0909. The van der Waals surface area contributed by atoms with Crippen molar-refractivity contribution in [3.05, 3.63) is 75.6 Å². The third kappa shape index (κ3) is 3.31. The van der Waals surface area contributed by atoms with Crippen LogP contribution < -0.4 is 10.9 Å². The first kappa shape index (κ1) is 15.0. The molecule has 0 saturated heterocycles. The normalized spacial score (nSPS) is 10.7. The Balaban J connectivity index is 1.93. The van der Waals surface area contributed by atoms with Crippen molar-refractivity contribution in [2.45, 2.75) is 20.3 Å². The summed E-state index contributed by atoms with van der Waals surface area (Å²) in [5, 5.41) is 3.81. The molecule has 0 radical (unpaired) electrons. The molecule has 0 aliphatic heterocycles. The second kappa shape index (κ2) is 6.08. The lowest BCUT2D eigenvalue weighted by molar-refractivity contribution is -0.114. The molecule has 4 heteroatoms. The lowest BCUT2D eigenvalue weighted by Crippen LogP contribution is -2.13. The number of pyridine rings is 1. The number of hydrogen-bond donors (Lipinski definition) is 2.